The first-order valence-corrected chi connectivity index (χ1v) is 17.8. The average Bonchev–Trinajstić information content (AvgIpc) is 3.12. The van der Waals surface area contributed by atoms with Crippen molar-refractivity contribution in [3.8, 4) is 0 Å². The number of carboxylic acids is 2. The fraction of sp³-hybridized carbons (Fsp3) is 0.632. The molecule has 3 unspecified atom stereocenters. The fourth-order valence-corrected chi connectivity index (χ4v) is 4.54. The molecule has 2 rings (SSSR count). The van der Waals surface area contributed by atoms with Crippen LogP contribution in [0.1, 0.15) is 160 Å². The lowest BCUT2D eigenvalue weighted by Gasteiger charge is -2.15. The summed E-state index contributed by atoms with van der Waals surface area (Å²) < 4.78 is 10.8. The minimum Gasteiger partial charge on any atom is -0.478 e. The Morgan fingerprint density at radius 3 is 1.38 bits per heavy atom. The topological polar surface area (TPSA) is 205 Å². The molecule has 0 spiro atoms. The number of unbranched alkanes of at least 4 members (excludes halogenated alkanes) is 3. The van der Waals surface area contributed by atoms with Gasteiger partial charge in [0, 0.05) is 19.0 Å². The fourth-order valence-electron chi connectivity index (χ4n) is 4.54. The highest BCUT2D eigenvalue weighted by molar-refractivity contribution is 5.91. The Labute approximate surface area is 298 Å². The molecular weight excluding hydrogens is 644 g/mol. The molecule has 2 heterocycles. The summed E-state index contributed by atoms with van der Waals surface area (Å²) in [7, 11) is 0. The van der Waals surface area contributed by atoms with Gasteiger partial charge in [0.2, 0.25) is 0 Å². The lowest BCUT2D eigenvalue weighted by atomic mass is 10.0. The number of ether oxygens (including phenoxy) is 2. The van der Waals surface area contributed by atoms with Crippen molar-refractivity contribution in [2.45, 2.75) is 119 Å². The molecule has 0 bridgehead atoms. The summed E-state index contributed by atoms with van der Waals surface area (Å²) in [5, 5.41) is 25.6. The van der Waals surface area contributed by atoms with Gasteiger partial charge in [-0.25, -0.2) is 29.1 Å². The van der Waals surface area contributed by atoms with Crippen molar-refractivity contribution in [3.05, 3.63) is 59.2 Å². The van der Waals surface area contributed by atoms with Crippen molar-refractivity contribution in [1.29, 1.82) is 0 Å². The van der Waals surface area contributed by atoms with E-state index in [1.165, 1.54) is 37.6 Å². The van der Waals surface area contributed by atoms with E-state index in [0.29, 0.717) is 43.1 Å². The average molecular weight is 707 g/mol. The van der Waals surface area contributed by atoms with E-state index in [4.69, 9.17) is 24.8 Å². The van der Waals surface area contributed by atoms with Crippen LogP contribution >= 0.6 is 0 Å². The van der Waals surface area contributed by atoms with E-state index in [9.17, 15) is 19.2 Å². The molecule has 0 amide bonds. The van der Waals surface area contributed by atoms with E-state index in [1.54, 1.807) is 6.07 Å². The quantitative estimate of drug-likeness (QED) is 0.107. The van der Waals surface area contributed by atoms with Crippen LogP contribution in [0.15, 0.2) is 36.7 Å². The second kappa shape index (κ2) is 30.0. The Morgan fingerprint density at radius 1 is 0.600 bits per heavy atom. The maximum Gasteiger partial charge on any atom is 0.356 e. The molecule has 0 aliphatic heterocycles. The highest BCUT2D eigenvalue weighted by atomic mass is 16.5. The Bertz CT molecular complexity index is 1100. The van der Waals surface area contributed by atoms with Gasteiger partial charge in [-0.3, -0.25) is 0 Å². The molecule has 3 atom stereocenters. The zero-order valence-corrected chi connectivity index (χ0v) is 31.0. The third-order valence-electron chi connectivity index (χ3n) is 8.23. The van der Waals surface area contributed by atoms with Crippen molar-refractivity contribution >= 4 is 23.9 Å². The smallest absolute Gasteiger partial charge is 0.356 e. The Balaban J connectivity index is 0. The number of aromatic carboxylic acids is 2. The Morgan fingerprint density at radius 2 is 1.02 bits per heavy atom. The molecule has 12 nitrogen and oxygen atoms in total. The van der Waals surface area contributed by atoms with Gasteiger partial charge in [0.05, 0.1) is 24.3 Å². The molecule has 0 radical (unpaired) electrons. The largest absolute Gasteiger partial charge is 0.478 e. The van der Waals surface area contributed by atoms with Crippen LogP contribution in [0, 0.1) is 17.8 Å². The van der Waals surface area contributed by atoms with Crippen LogP contribution in [0.3, 0.4) is 0 Å². The molecule has 0 saturated carbocycles. The molecule has 2 aromatic heterocycles. The number of rotatable bonds is 21. The van der Waals surface area contributed by atoms with Gasteiger partial charge in [-0.05, 0) is 61.3 Å². The van der Waals surface area contributed by atoms with Gasteiger partial charge in [-0.1, -0.05) is 99.3 Å². The van der Waals surface area contributed by atoms with Gasteiger partial charge in [0.1, 0.15) is 11.4 Å². The predicted molar refractivity (Wildman–Crippen MR) is 194 cm³/mol. The van der Waals surface area contributed by atoms with Gasteiger partial charge in [-0.2, -0.15) is 0 Å². The second-order valence-corrected chi connectivity index (χ2v) is 12.1. The third kappa shape index (κ3) is 21.2. The second-order valence-electron chi connectivity index (χ2n) is 12.1. The van der Waals surface area contributed by atoms with Crippen molar-refractivity contribution in [2.24, 2.45) is 17.8 Å². The zero-order valence-electron chi connectivity index (χ0n) is 31.0. The number of aromatic nitrogens is 2. The van der Waals surface area contributed by atoms with Crippen LogP contribution in [0.25, 0.3) is 0 Å². The number of nitrogens with zero attached hydrogens (tertiary/aromatic N) is 2. The third-order valence-corrected chi connectivity index (χ3v) is 8.23. The van der Waals surface area contributed by atoms with E-state index in [0.717, 1.165) is 70.1 Å². The number of carboxylic acid groups (broad SMARTS) is 2. The monoisotopic (exact) mass is 706 g/mol. The summed E-state index contributed by atoms with van der Waals surface area (Å²) in [5.74, 6) is -1.80. The Hall–Kier alpha value is -3.90. The summed E-state index contributed by atoms with van der Waals surface area (Å²) in [5.41, 5.74) is 0.382. The highest BCUT2D eigenvalue weighted by Crippen LogP contribution is 2.16. The van der Waals surface area contributed by atoms with Crippen LogP contribution in [0.4, 0.5) is 0 Å². The van der Waals surface area contributed by atoms with Crippen LogP contribution < -0.4 is 0 Å². The Kier molecular flexibility index (Phi) is 28.9. The minimum atomic E-state index is -1.17. The normalized spacial score (nSPS) is 12.0. The van der Waals surface area contributed by atoms with E-state index in [-0.39, 0.29) is 22.4 Å². The summed E-state index contributed by atoms with van der Waals surface area (Å²) in [6.45, 7) is 14.1. The number of hydrogen-bond donors (Lipinski definition) is 3. The van der Waals surface area contributed by atoms with Gasteiger partial charge in [0.25, 0.3) is 0 Å². The molecule has 0 saturated heterocycles. The van der Waals surface area contributed by atoms with Crippen LogP contribution in [0.5, 0.6) is 0 Å². The van der Waals surface area contributed by atoms with Crippen molar-refractivity contribution in [2.75, 3.05) is 19.8 Å². The molecular formula is C38H62N2O10. The first kappa shape index (κ1) is 48.2. The van der Waals surface area contributed by atoms with E-state index >= 15 is 0 Å². The maximum absolute atomic E-state index is 12.2. The molecule has 0 aliphatic carbocycles. The number of esters is 2. The van der Waals surface area contributed by atoms with Gasteiger partial charge < -0.3 is 30.3 Å². The first-order chi connectivity index (χ1) is 23.5. The summed E-state index contributed by atoms with van der Waals surface area (Å²) in [6, 6.07) is 5.44. The van der Waals surface area contributed by atoms with Crippen molar-refractivity contribution in [3.63, 3.8) is 0 Å². The van der Waals surface area contributed by atoms with Crippen molar-refractivity contribution < 1.29 is 49.4 Å². The van der Waals surface area contributed by atoms with E-state index in [2.05, 4.69) is 51.5 Å². The first-order valence-electron chi connectivity index (χ1n) is 17.8. The lowest BCUT2D eigenvalue weighted by molar-refractivity contribution is 0.0408. The van der Waals surface area contributed by atoms with Crippen LogP contribution in [-0.4, -0.2) is 74.5 Å². The number of aliphatic hydroxyl groups is 1. The maximum atomic E-state index is 12.2. The lowest BCUT2D eigenvalue weighted by Crippen LogP contribution is -2.16. The number of carbonyl (C=O) groups excluding carboxylic acids is 2. The molecule has 50 heavy (non-hydrogen) atoms. The number of aliphatic hydroxyl groups excluding tert-OH is 1. The summed E-state index contributed by atoms with van der Waals surface area (Å²) in [4.78, 5) is 52.4. The molecule has 5 N–H and O–H groups in total. The molecule has 284 valence electrons. The standard InChI is InChI=1S/C23H37NO4.C8H18O.C7H5NO4.H2O/c1-5-9-11-18(7-3)16-27-22(25)20-13-14-21(24-15-20)23(26)28-17-19(8-4)12-10-6-2;1-3-5-6-8(4-2)7-9;9-6(10)4-1-2-5(7(11)12)8-3-4;/h13-15,18-19H,5-12,16-17H2,1-4H3;8-9H,3-7H2,1-2H3;1-3H,(H,9,10)(H,11,12);1H2. The number of hydrogen-bond acceptors (Lipinski definition) is 9. The highest BCUT2D eigenvalue weighted by Gasteiger charge is 2.16. The summed E-state index contributed by atoms with van der Waals surface area (Å²) in [6.07, 6.45) is 15.9. The molecule has 0 fully saturated rings. The van der Waals surface area contributed by atoms with Gasteiger partial charge in [0.15, 0.2) is 0 Å². The van der Waals surface area contributed by atoms with Gasteiger partial charge in [-0.15, -0.1) is 0 Å². The SMILES string of the molecule is CCCCC(CC)CO.CCCCC(CC)COC(=O)c1ccc(C(=O)OCC(CC)CCCC)nc1.O.O=C(O)c1ccc(C(=O)O)nc1. The summed E-state index contributed by atoms with van der Waals surface area (Å²) >= 11 is 0. The number of carbonyl (C=O) groups is 4. The minimum absolute atomic E-state index is 0. The molecule has 0 aromatic carbocycles. The van der Waals surface area contributed by atoms with Crippen LogP contribution in [-0.2, 0) is 9.47 Å². The van der Waals surface area contributed by atoms with E-state index in [1.807, 2.05) is 0 Å². The molecule has 0 aliphatic rings. The predicted octanol–water partition coefficient (Wildman–Crippen LogP) is 7.68. The van der Waals surface area contributed by atoms with E-state index < -0.39 is 23.9 Å². The van der Waals surface area contributed by atoms with Crippen molar-refractivity contribution in [1.82, 2.24) is 9.97 Å². The van der Waals surface area contributed by atoms with Gasteiger partial charge >= 0.3 is 23.9 Å². The van der Waals surface area contributed by atoms with Crippen LogP contribution in [0.2, 0.25) is 0 Å². The molecule has 12 heteroatoms. The molecule has 2 aromatic rings. The number of pyridine rings is 2. The zero-order chi connectivity index (χ0) is 37.0.